The van der Waals surface area contributed by atoms with Gasteiger partial charge in [0.25, 0.3) is 11.1 Å². The molecular weight excluding hydrogens is 432 g/mol. The normalized spacial score (nSPS) is 14.4. The van der Waals surface area contributed by atoms with Gasteiger partial charge in [-0.15, -0.1) is 11.3 Å². The number of ether oxygens (including phenoxy) is 1. The van der Waals surface area contributed by atoms with Crippen LogP contribution in [0.2, 0.25) is 0 Å². The lowest BCUT2D eigenvalue weighted by Crippen LogP contribution is -2.28. The lowest BCUT2D eigenvalue weighted by molar-refractivity contribution is 0.156. The zero-order valence-corrected chi connectivity index (χ0v) is 18.9. The van der Waals surface area contributed by atoms with Crippen molar-refractivity contribution in [2.75, 3.05) is 13.7 Å². The number of nitrogens with zero attached hydrogens (tertiary/aromatic N) is 3. The number of hydrogen-bond acceptors (Lipinski definition) is 7. The Labute approximate surface area is 186 Å². The summed E-state index contributed by atoms with van der Waals surface area (Å²) in [4.78, 5) is 40.4. The van der Waals surface area contributed by atoms with Crippen LogP contribution in [0.4, 0.5) is 0 Å². The second-order valence-corrected chi connectivity index (χ2v) is 9.76. The fourth-order valence-electron chi connectivity index (χ4n) is 4.18. The third kappa shape index (κ3) is 3.60. The van der Waals surface area contributed by atoms with Crippen LogP contribution in [0.1, 0.15) is 35.7 Å². The van der Waals surface area contributed by atoms with E-state index in [1.54, 1.807) is 29.1 Å². The van der Waals surface area contributed by atoms with Crippen LogP contribution in [0, 0.1) is 0 Å². The van der Waals surface area contributed by atoms with Crippen LogP contribution in [-0.2, 0) is 23.3 Å². The highest BCUT2D eigenvalue weighted by atomic mass is 32.2. The van der Waals surface area contributed by atoms with Crippen LogP contribution >= 0.6 is 23.1 Å². The van der Waals surface area contributed by atoms with E-state index in [0.717, 1.165) is 29.5 Å². The highest BCUT2D eigenvalue weighted by Gasteiger charge is 2.22. The van der Waals surface area contributed by atoms with Crippen LogP contribution in [0.3, 0.4) is 0 Å². The number of thiophene rings is 1. The first-order valence-electron chi connectivity index (χ1n) is 10.2. The number of rotatable bonds is 6. The fourth-order valence-corrected chi connectivity index (χ4v) is 6.43. The van der Waals surface area contributed by atoms with E-state index in [9.17, 15) is 9.59 Å². The predicted molar refractivity (Wildman–Crippen MR) is 124 cm³/mol. The minimum absolute atomic E-state index is 0.0726. The van der Waals surface area contributed by atoms with Gasteiger partial charge in [0.05, 0.1) is 34.7 Å². The van der Waals surface area contributed by atoms with Crippen molar-refractivity contribution in [1.29, 1.82) is 0 Å². The number of para-hydroxylation sites is 1. The molecule has 7 nitrogen and oxygen atoms in total. The summed E-state index contributed by atoms with van der Waals surface area (Å²) in [6.07, 6.45) is 3.10. The standard InChI is InChI=1S/C22H22N4O3S2/c1-12(10-29-2)26-21(28)13-6-3-4-8-15(13)23-22(26)30-11-17-24-19(27)18-14-7-5-9-16(14)31-20(18)25-17/h3-4,6,8,12H,5,7,9-11H2,1-2H3,(H,24,25,27). The third-order valence-electron chi connectivity index (χ3n) is 5.59. The van der Waals surface area contributed by atoms with E-state index in [2.05, 4.69) is 4.98 Å². The smallest absolute Gasteiger partial charge is 0.262 e. The Bertz CT molecular complexity index is 1410. The zero-order chi connectivity index (χ0) is 21.5. The van der Waals surface area contributed by atoms with Crippen molar-refractivity contribution in [3.63, 3.8) is 0 Å². The van der Waals surface area contributed by atoms with Gasteiger partial charge in [-0.05, 0) is 43.9 Å². The molecule has 5 rings (SSSR count). The summed E-state index contributed by atoms with van der Waals surface area (Å²) in [6.45, 7) is 2.33. The maximum atomic E-state index is 13.2. The number of methoxy groups -OCH3 is 1. The number of aromatic nitrogens is 4. The molecule has 0 bridgehead atoms. The summed E-state index contributed by atoms with van der Waals surface area (Å²) in [5, 5.41) is 1.92. The summed E-state index contributed by atoms with van der Waals surface area (Å²) in [7, 11) is 1.62. The van der Waals surface area contributed by atoms with E-state index in [1.165, 1.54) is 22.2 Å². The summed E-state index contributed by atoms with van der Waals surface area (Å²) in [5.41, 5.74) is 1.66. The number of benzene rings is 1. The Morgan fingerprint density at radius 2 is 2.10 bits per heavy atom. The summed E-state index contributed by atoms with van der Waals surface area (Å²) in [5.74, 6) is 1.01. The van der Waals surface area contributed by atoms with E-state index in [1.807, 2.05) is 25.1 Å². The summed E-state index contributed by atoms with van der Waals surface area (Å²) >= 11 is 3.03. The Kier molecular flexibility index (Phi) is 5.41. The molecule has 1 aromatic carbocycles. The molecule has 0 fully saturated rings. The average Bonchev–Trinajstić information content (AvgIpc) is 3.33. The van der Waals surface area contributed by atoms with Crippen molar-refractivity contribution in [1.82, 2.24) is 19.5 Å². The van der Waals surface area contributed by atoms with Crippen molar-refractivity contribution in [3.8, 4) is 0 Å². The van der Waals surface area contributed by atoms with Gasteiger partial charge in [-0.3, -0.25) is 14.2 Å². The van der Waals surface area contributed by atoms with Gasteiger partial charge < -0.3 is 9.72 Å². The van der Waals surface area contributed by atoms with E-state index < -0.39 is 0 Å². The molecule has 1 atom stereocenters. The number of fused-ring (bicyclic) bond motifs is 4. The molecule has 1 aliphatic rings. The topological polar surface area (TPSA) is 89.9 Å². The number of aromatic amines is 1. The number of H-pyrrole nitrogens is 1. The van der Waals surface area contributed by atoms with Crippen molar-refractivity contribution >= 4 is 44.2 Å². The number of nitrogens with one attached hydrogen (secondary N) is 1. The van der Waals surface area contributed by atoms with Crippen LogP contribution in [0.25, 0.3) is 21.1 Å². The molecule has 0 aliphatic heterocycles. The quantitative estimate of drug-likeness (QED) is 0.353. The highest BCUT2D eigenvalue weighted by molar-refractivity contribution is 7.98. The third-order valence-corrected chi connectivity index (χ3v) is 7.74. The van der Waals surface area contributed by atoms with Gasteiger partial charge in [-0.1, -0.05) is 23.9 Å². The number of hydrogen-bond donors (Lipinski definition) is 1. The molecule has 0 amide bonds. The maximum absolute atomic E-state index is 13.2. The monoisotopic (exact) mass is 454 g/mol. The number of aryl methyl sites for hydroxylation is 2. The van der Waals surface area contributed by atoms with Crippen LogP contribution in [0.15, 0.2) is 39.0 Å². The van der Waals surface area contributed by atoms with E-state index >= 15 is 0 Å². The second kappa shape index (κ2) is 8.22. The van der Waals surface area contributed by atoms with E-state index in [4.69, 9.17) is 14.7 Å². The molecule has 0 radical (unpaired) electrons. The molecule has 3 heterocycles. The molecule has 0 saturated carbocycles. The van der Waals surface area contributed by atoms with Gasteiger partial charge in [0.1, 0.15) is 10.7 Å². The van der Waals surface area contributed by atoms with Crippen molar-refractivity contribution in [3.05, 3.63) is 61.2 Å². The summed E-state index contributed by atoms with van der Waals surface area (Å²) < 4.78 is 6.95. The lowest BCUT2D eigenvalue weighted by Gasteiger charge is -2.18. The van der Waals surface area contributed by atoms with Gasteiger partial charge in [-0.2, -0.15) is 0 Å². The second-order valence-electron chi connectivity index (χ2n) is 7.73. The highest BCUT2D eigenvalue weighted by Crippen LogP contribution is 2.34. The molecule has 160 valence electrons. The molecule has 31 heavy (non-hydrogen) atoms. The first kappa shape index (κ1) is 20.4. The Hall–Kier alpha value is -2.49. The zero-order valence-electron chi connectivity index (χ0n) is 17.3. The molecule has 4 aromatic rings. The molecule has 9 heteroatoms. The summed E-state index contributed by atoms with van der Waals surface area (Å²) in [6, 6.07) is 7.16. The largest absolute Gasteiger partial charge is 0.383 e. The molecule has 0 spiro atoms. The van der Waals surface area contributed by atoms with Crippen LogP contribution in [-0.4, -0.2) is 33.2 Å². The molecule has 1 aliphatic carbocycles. The maximum Gasteiger partial charge on any atom is 0.262 e. The van der Waals surface area contributed by atoms with Gasteiger partial charge >= 0.3 is 0 Å². The van der Waals surface area contributed by atoms with Crippen LogP contribution in [0.5, 0.6) is 0 Å². The van der Waals surface area contributed by atoms with Gasteiger partial charge in [0.2, 0.25) is 0 Å². The van der Waals surface area contributed by atoms with E-state index in [-0.39, 0.29) is 17.2 Å². The van der Waals surface area contributed by atoms with Crippen LogP contribution < -0.4 is 11.1 Å². The van der Waals surface area contributed by atoms with Gasteiger partial charge in [-0.25, -0.2) is 9.97 Å². The van der Waals surface area contributed by atoms with Crippen molar-refractivity contribution < 1.29 is 4.74 Å². The molecular formula is C22H22N4O3S2. The van der Waals surface area contributed by atoms with Gasteiger partial charge in [0.15, 0.2) is 5.16 Å². The molecule has 0 saturated heterocycles. The van der Waals surface area contributed by atoms with Crippen molar-refractivity contribution in [2.45, 2.75) is 43.1 Å². The average molecular weight is 455 g/mol. The van der Waals surface area contributed by atoms with Gasteiger partial charge in [0, 0.05) is 12.0 Å². The molecule has 1 unspecified atom stereocenters. The Morgan fingerprint density at radius 1 is 1.26 bits per heavy atom. The predicted octanol–water partition coefficient (Wildman–Crippen LogP) is 3.68. The minimum Gasteiger partial charge on any atom is -0.383 e. The first-order valence-corrected chi connectivity index (χ1v) is 12.0. The fraction of sp³-hybridized carbons (Fsp3) is 0.364. The lowest BCUT2D eigenvalue weighted by atomic mass is 10.2. The van der Waals surface area contributed by atoms with E-state index in [0.29, 0.717) is 34.2 Å². The number of thioether (sulfide) groups is 1. The molecule has 1 N–H and O–H groups in total. The van der Waals surface area contributed by atoms with Crippen molar-refractivity contribution in [2.24, 2.45) is 0 Å². The first-order chi connectivity index (χ1) is 15.1. The SMILES string of the molecule is COCC(C)n1c(SCc2nc3sc4c(c3c(=O)[nH]2)CCC4)nc2ccccc2c1=O. The molecule has 3 aromatic heterocycles. The minimum atomic E-state index is -0.174. The Morgan fingerprint density at radius 3 is 2.94 bits per heavy atom. The Balaban J connectivity index is 1.52.